The molecule has 6 nitrogen and oxygen atoms in total. The van der Waals surface area contributed by atoms with Crippen LogP contribution in [-0.2, 0) is 9.59 Å². The summed E-state index contributed by atoms with van der Waals surface area (Å²) in [5.74, 6) is 0.231. The van der Waals surface area contributed by atoms with Gasteiger partial charge in [-0.05, 0) is 54.8 Å². The minimum Gasteiger partial charge on any atom is -0.326 e. The summed E-state index contributed by atoms with van der Waals surface area (Å²) < 4.78 is 1.99. The summed E-state index contributed by atoms with van der Waals surface area (Å²) in [6.45, 7) is 7.64. The van der Waals surface area contributed by atoms with Crippen molar-refractivity contribution in [1.29, 1.82) is 0 Å². The van der Waals surface area contributed by atoms with Crippen LogP contribution < -0.4 is 10.6 Å². The molecule has 0 bridgehead atoms. The van der Waals surface area contributed by atoms with Gasteiger partial charge in [0.25, 0.3) is 0 Å². The monoisotopic (exact) mass is 422 g/mol. The van der Waals surface area contributed by atoms with Crippen LogP contribution in [0.1, 0.15) is 39.2 Å². The van der Waals surface area contributed by atoms with Crippen molar-refractivity contribution in [3.8, 4) is 5.69 Å². The first kappa shape index (κ1) is 21.6. The van der Waals surface area contributed by atoms with E-state index in [0.717, 1.165) is 10.8 Å². The number of nitrogens with zero attached hydrogens (tertiary/aromatic N) is 2. The number of benzene rings is 2. The van der Waals surface area contributed by atoms with Crippen LogP contribution in [-0.4, -0.2) is 26.6 Å². The number of anilines is 2. The first-order chi connectivity index (χ1) is 14.3. The molecule has 0 fully saturated rings. The Hall–Kier alpha value is -3.06. The Bertz CT molecular complexity index is 1010. The molecule has 0 aliphatic heterocycles. The normalized spacial score (nSPS) is 11.9. The fraction of sp³-hybridized carbons (Fsp3) is 0.261. The number of carbonyl (C=O) groups is 2. The molecule has 1 heterocycles. The second-order valence-electron chi connectivity index (χ2n) is 7.33. The molecular weight excluding hydrogens is 396 g/mol. The molecular formula is C23H26N4O2S. The maximum Gasteiger partial charge on any atom is 0.237 e. The zero-order valence-corrected chi connectivity index (χ0v) is 18.4. The van der Waals surface area contributed by atoms with E-state index in [2.05, 4.69) is 53.7 Å². The van der Waals surface area contributed by atoms with Gasteiger partial charge in [-0.25, -0.2) is 4.98 Å². The highest BCUT2D eigenvalue weighted by molar-refractivity contribution is 8.00. The standard InChI is InChI=1S/C23H26N4O2S/c1-15(2)18-5-11-21(12-6-18)27-14-13-24-23(27)30-16(3)22(29)26-20-9-7-19(8-10-20)25-17(4)28/h5-16H,1-4H3,(H,25,28)(H,26,29)/t16-/m1/s1. The molecule has 2 amide bonds. The van der Waals surface area contributed by atoms with Crippen LogP contribution in [0.4, 0.5) is 11.4 Å². The Labute approximate surface area is 181 Å². The summed E-state index contributed by atoms with van der Waals surface area (Å²) in [6.07, 6.45) is 3.64. The van der Waals surface area contributed by atoms with Gasteiger partial charge in [-0.15, -0.1) is 0 Å². The van der Waals surface area contributed by atoms with Gasteiger partial charge >= 0.3 is 0 Å². The number of thioether (sulfide) groups is 1. The molecule has 0 saturated heterocycles. The Morgan fingerprint density at radius 2 is 1.53 bits per heavy atom. The molecule has 0 aliphatic rings. The zero-order chi connectivity index (χ0) is 21.7. The molecule has 2 N–H and O–H groups in total. The highest BCUT2D eigenvalue weighted by atomic mass is 32.2. The van der Waals surface area contributed by atoms with Crippen molar-refractivity contribution in [3.05, 3.63) is 66.5 Å². The number of imidazole rings is 1. The van der Waals surface area contributed by atoms with Gasteiger partial charge in [-0.2, -0.15) is 0 Å². The molecule has 0 aliphatic carbocycles. The second kappa shape index (κ2) is 9.63. The zero-order valence-electron chi connectivity index (χ0n) is 17.5. The number of rotatable bonds is 7. The Morgan fingerprint density at radius 1 is 0.933 bits per heavy atom. The van der Waals surface area contributed by atoms with Gasteiger partial charge in [0.2, 0.25) is 11.8 Å². The Morgan fingerprint density at radius 3 is 2.10 bits per heavy atom. The fourth-order valence-corrected chi connectivity index (χ4v) is 3.77. The predicted molar refractivity (Wildman–Crippen MR) is 122 cm³/mol. The quantitative estimate of drug-likeness (QED) is 0.521. The van der Waals surface area contributed by atoms with Crippen molar-refractivity contribution < 1.29 is 9.59 Å². The van der Waals surface area contributed by atoms with Gasteiger partial charge in [-0.1, -0.05) is 37.7 Å². The SMILES string of the molecule is CC(=O)Nc1ccc(NC(=O)[C@@H](C)Sc2nccn2-c2ccc(C(C)C)cc2)cc1. The van der Waals surface area contributed by atoms with E-state index in [0.29, 0.717) is 17.3 Å². The molecule has 2 aromatic carbocycles. The number of carbonyl (C=O) groups excluding carboxylic acids is 2. The van der Waals surface area contributed by atoms with Crippen molar-refractivity contribution in [2.75, 3.05) is 10.6 Å². The average Bonchev–Trinajstić information content (AvgIpc) is 3.17. The van der Waals surface area contributed by atoms with E-state index in [4.69, 9.17) is 0 Å². The van der Waals surface area contributed by atoms with Crippen LogP contribution in [0.15, 0.2) is 66.1 Å². The van der Waals surface area contributed by atoms with Crippen molar-refractivity contribution in [1.82, 2.24) is 9.55 Å². The molecule has 3 aromatic rings. The third-order valence-electron chi connectivity index (χ3n) is 4.57. The lowest BCUT2D eigenvalue weighted by Crippen LogP contribution is -2.22. The van der Waals surface area contributed by atoms with Crippen molar-refractivity contribution in [2.24, 2.45) is 0 Å². The van der Waals surface area contributed by atoms with Crippen LogP contribution in [0.25, 0.3) is 5.69 Å². The van der Waals surface area contributed by atoms with E-state index < -0.39 is 0 Å². The summed E-state index contributed by atoms with van der Waals surface area (Å²) in [4.78, 5) is 28.2. The van der Waals surface area contributed by atoms with Gasteiger partial charge < -0.3 is 10.6 Å². The highest BCUT2D eigenvalue weighted by Gasteiger charge is 2.18. The van der Waals surface area contributed by atoms with Gasteiger partial charge in [0.1, 0.15) is 0 Å². The predicted octanol–water partition coefficient (Wildman–Crippen LogP) is 5.07. The Balaban J connectivity index is 1.65. The summed E-state index contributed by atoms with van der Waals surface area (Å²) in [7, 11) is 0. The molecule has 156 valence electrons. The minimum atomic E-state index is -0.337. The second-order valence-corrected chi connectivity index (χ2v) is 8.64. The molecule has 0 unspecified atom stereocenters. The lowest BCUT2D eigenvalue weighted by molar-refractivity contribution is -0.115. The van der Waals surface area contributed by atoms with Crippen LogP contribution >= 0.6 is 11.8 Å². The van der Waals surface area contributed by atoms with E-state index in [1.807, 2.05) is 17.7 Å². The Kier molecular flexibility index (Phi) is 6.95. The van der Waals surface area contributed by atoms with E-state index in [9.17, 15) is 9.59 Å². The molecule has 3 rings (SSSR count). The largest absolute Gasteiger partial charge is 0.326 e. The fourth-order valence-electron chi connectivity index (χ4n) is 2.89. The van der Waals surface area contributed by atoms with Crippen LogP contribution in [0, 0.1) is 0 Å². The molecule has 30 heavy (non-hydrogen) atoms. The molecule has 1 aromatic heterocycles. The summed E-state index contributed by atoms with van der Waals surface area (Å²) in [5, 5.41) is 6.03. The first-order valence-electron chi connectivity index (χ1n) is 9.82. The number of hydrogen-bond acceptors (Lipinski definition) is 4. The van der Waals surface area contributed by atoms with E-state index >= 15 is 0 Å². The van der Waals surface area contributed by atoms with E-state index in [1.165, 1.54) is 24.2 Å². The minimum absolute atomic E-state index is 0.114. The molecule has 0 spiro atoms. The number of amides is 2. The van der Waals surface area contributed by atoms with Gasteiger partial charge in [0.05, 0.1) is 5.25 Å². The summed E-state index contributed by atoms with van der Waals surface area (Å²) in [6, 6.07) is 15.4. The lowest BCUT2D eigenvalue weighted by atomic mass is 10.0. The van der Waals surface area contributed by atoms with Crippen LogP contribution in [0.2, 0.25) is 0 Å². The first-order valence-corrected chi connectivity index (χ1v) is 10.7. The third kappa shape index (κ3) is 5.51. The average molecular weight is 423 g/mol. The van der Waals surface area contributed by atoms with Crippen LogP contribution in [0.3, 0.4) is 0 Å². The van der Waals surface area contributed by atoms with Gasteiger partial charge in [-0.3, -0.25) is 14.2 Å². The smallest absolute Gasteiger partial charge is 0.237 e. The van der Waals surface area contributed by atoms with Gasteiger partial charge in [0, 0.05) is 36.4 Å². The van der Waals surface area contributed by atoms with Gasteiger partial charge in [0.15, 0.2) is 5.16 Å². The van der Waals surface area contributed by atoms with Crippen molar-refractivity contribution in [2.45, 2.75) is 44.0 Å². The molecule has 0 saturated carbocycles. The van der Waals surface area contributed by atoms with Crippen LogP contribution in [0.5, 0.6) is 0 Å². The molecule has 7 heteroatoms. The topological polar surface area (TPSA) is 76.0 Å². The van der Waals surface area contributed by atoms with E-state index in [-0.39, 0.29) is 17.1 Å². The number of hydrogen-bond donors (Lipinski definition) is 2. The highest BCUT2D eigenvalue weighted by Crippen LogP contribution is 2.26. The summed E-state index contributed by atoms with van der Waals surface area (Å²) >= 11 is 1.40. The summed E-state index contributed by atoms with van der Waals surface area (Å²) in [5.41, 5.74) is 3.66. The number of nitrogens with one attached hydrogen (secondary N) is 2. The molecule has 0 radical (unpaired) electrons. The maximum atomic E-state index is 12.6. The third-order valence-corrected chi connectivity index (χ3v) is 5.65. The van der Waals surface area contributed by atoms with Crippen molar-refractivity contribution >= 4 is 35.0 Å². The molecule has 1 atom stereocenters. The maximum absolute atomic E-state index is 12.6. The lowest BCUT2D eigenvalue weighted by Gasteiger charge is -2.14. The van der Waals surface area contributed by atoms with E-state index in [1.54, 1.807) is 30.5 Å². The van der Waals surface area contributed by atoms with Crippen molar-refractivity contribution in [3.63, 3.8) is 0 Å². The number of aromatic nitrogens is 2.